The first-order valence-corrected chi connectivity index (χ1v) is 10.7. The van der Waals surface area contributed by atoms with Gasteiger partial charge in [0, 0.05) is 36.6 Å². The number of benzene rings is 3. The Morgan fingerprint density at radius 1 is 0.871 bits per heavy atom. The van der Waals surface area contributed by atoms with Crippen molar-refractivity contribution in [2.75, 3.05) is 31.1 Å². The Morgan fingerprint density at radius 3 is 2.45 bits per heavy atom. The molecule has 0 aliphatic carbocycles. The molecule has 1 amide bonds. The summed E-state index contributed by atoms with van der Waals surface area (Å²) in [6, 6.07) is 18.5. The van der Waals surface area contributed by atoms with E-state index in [2.05, 4.69) is 4.90 Å². The SMILES string of the molecule is O=C(c1cc2c(ccc3ccccc32)oc1=O)N1CCN(c2cc(Cl)ccc2Cl)CC1. The van der Waals surface area contributed by atoms with E-state index in [4.69, 9.17) is 27.6 Å². The number of nitrogens with zero attached hydrogens (tertiary/aromatic N) is 2. The van der Waals surface area contributed by atoms with Crippen LogP contribution in [0.25, 0.3) is 21.7 Å². The minimum Gasteiger partial charge on any atom is -0.422 e. The summed E-state index contributed by atoms with van der Waals surface area (Å²) in [4.78, 5) is 29.5. The zero-order valence-electron chi connectivity index (χ0n) is 16.5. The second kappa shape index (κ2) is 7.91. The van der Waals surface area contributed by atoms with E-state index in [-0.39, 0.29) is 11.5 Å². The molecule has 1 aromatic heterocycles. The summed E-state index contributed by atoms with van der Waals surface area (Å²) in [5.74, 6) is -0.319. The number of hydrogen-bond donors (Lipinski definition) is 0. The van der Waals surface area contributed by atoms with Gasteiger partial charge in [-0.05, 0) is 41.1 Å². The maximum atomic E-state index is 13.2. The van der Waals surface area contributed by atoms with Crippen molar-refractivity contribution in [1.29, 1.82) is 0 Å². The van der Waals surface area contributed by atoms with Crippen molar-refractivity contribution in [3.63, 3.8) is 0 Å². The monoisotopic (exact) mass is 452 g/mol. The summed E-state index contributed by atoms with van der Waals surface area (Å²) in [6.07, 6.45) is 0. The van der Waals surface area contributed by atoms with E-state index in [1.807, 2.05) is 36.4 Å². The number of amides is 1. The van der Waals surface area contributed by atoms with E-state index < -0.39 is 5.63 Å². The molecule has 5 nitrogen and oxygen atoms in total. The van der Waals surface area contributed by atoms with Crippen LogP contribution in [0.4, 0.5) is 5.69 Å². The van der Waals surface area contributed by atoms with Gasteiger partial charge in [-0.3, -0.25) is 4.79 Å². The number of piperazine rings is 1. The number of rotatable bonds is 2. The van der Waals surface area contributed by atoms with E-state index in [1.54, 1.807) is 29.2 Å². The summed E-state index contributed by atoms with van der Waals surface area (Å²) in [7, 11) is 0. The normalized spacial score (nSPS) is 14.4. The fraction of sp³-hybridized carbons (Fsp3) is 0.167. The predicted molar refractivity (Wildman–Crippen MR) is 125 cm³/mol. The minimum atomic E-state index is -0.618. The molecule has 0 unspecified atom stereocenters. The van der Waals surface area contributed by atoms with Gasteiger partial charge >= 0.3 is 5.63 Å². The molecule has 1 fully saturated rings. The molecular formula is C24H18Cl2N2O3. The number of fused-ring (bicyclic) bond motifs is 3. The highest BCUT2D eigenvalue weighted by Crippen LogP contribution is 2.30. The van der Waals surface area contributed by atoms with Crippen LogP contribution in [0.5, 0.6) is 0 Å². The highest BCUT2D eigenvalue weighted by molar-refractivity contribution is 6.35. The Labute approximate surface area is 188 Å². The van der Waals surface area contributed by atoms with E-state index >= 15 is 0 Å². The second-order valence-corrected chi connectivity index (χ2v) is 8.36. The van der Waals surface area contributed by atoms with Gasteiger partial charge in [-0.1, -0.05) is 53.5 Å². The van der Waals surface area contributed by atoms with Gasteiger partial charge in [-0.15, -0.1) is 0 Å². The molecule has 0 spiro atoms. The van der Waals surface area contributed by atoms with Crippen molar-refractivity contribution in [1.82, 2.24) is 4.90 Å². The van der Waals surface area contributed by atoms with Gasteiger partial charge in [-0.2, -0.15) is 0 Å². The summed E-state index contributed by atoms with van der Waals surface area (Å²) >= 11 is 12.4. The maximum absolute atomic E-state index is 13.2. The second-order valence-electron chi connectivity index (χ2n) is 7.52. The Morgan fingerprint density at radius 2 is 1.65 bits per heavy atom. The highest BCUT2D eigenvalue weighted by Gasteiger charge is 2.26. The van der Waals surface area contributed by atoms with Crippen LogP contribution in [0.3, 0.4) is 0 Å². The standard InChI is InChI=1S/C24H18Cl2N2O3/c25-16-6-7-20(26)21(13-16)27-9-11-28(12-10-27)23(29)19-14-18-17-4-2-1-3-15(17)5-8-22(18)31-24(19)30/h1-8,13-14H,9-12H2. The molecule has 4 aromatic rings. The fourth-order valence-electron chi connectivity index (χ4n) is 4.07. The van der Waals surface area contributed by atoms with Crippen molar-refractivity contribution >= 4 is 56.5 Å². The molecule has 31 heavy (non-hydrogen) atoms. The molecule has 7 heteroatoms. The van der Waals surface area contributed by atoms with Crippen LogP contribution >= 0.6 is 23.2 Å². The van der Waals surface area contributed by atoms with Crippen LogP contribution in [-0.2, 0) is 0 Å². The smallest absolute Gasteiger partial charge is 0.349 e. The first-order chi connectivity index (χ1) is 15.0. The van der Waals surface area contributed by atoms with E-state index in [9.17, 15) is 9.59 Å². The molecule has 5 rings (SSSR count). The highest BCUT2D eigenvalue weighted by atomic mass is 35.5. The third-order valence-electron chi connectivity index (χ3n) is 5.69. The van der Waals surface area contributed by atoms with Crippen LogP contribution in [0, 0.1) is 0 Å². The number of anilines is 1. The van der Waals surface area contributed by atoms with Gasteiger partial charge in [0.25, 0.3) is 5.91 Å². The first kappa shape index (κ1) is 19.9. The van der Waals surface area contributed by atoms with Gasteiger partial charge in [-0.25, -0.2) is 4.79 Å². The minimum absolute atomic E-state index is 0.0538. The lowest BCUT2D eigenvalue weighted by molar-refractivity contribution is 0.0742. The first-order valence-electron chi connectivity index (χ1n) is 9.96. The average Bonchev–Trinajstić information content (AvgIpc) is 2.80. The van der Waals surface area contributed by atoms with Gasteiger partial charge in [0.2, 0.25) is 0 Å². The predicted octanol–water partition coefficient (Wildman–Crippen LogP) is 5.22. The molecule has 156 valence electrons. The summed E-state index contributed by atoms with van der Waals surface area (Å²) in [6.45, 7) is 2.12. The van der Waals surface area contributed by atoms with E-state index in [0.29, 0.717) is 41.8 Å². The Hall–Kier alpha value is -3.02. The van der Waals surface area contributed by atoms with Crippen LogP contribution in [-0.4, -0.2) is 37.0 Å². The number of carbonyl (C=O) groups is 1. The molecule has 1 aliphatic heterocycles. The Balaban J connectivity index is 1.43. The number of halogens is 2. The fourth-order valence-corrected chi connectivity index (χ4v) is 4.47. The third-order valence-corrected chi connectivity index (χ3v) is 6.24. The average molecular weight is 453 g/mol. The van der Waals surface area contributed by atoms with Crippen LogP contribution in [0.2, 0.25) is 10.0 Å². The summed E-state index contributed by atoms with van der Waals surface area (Å²) in [5.41, 5.74) is 0.754. The molecule has 0 N–H and O–H groups in total. The number of carbonyl (C=O) groups excluding carboxylic acids is 1. The van der Waals surface area contributed by atoms with Crippen molar-refractivity contribution in [3.8, 4) is 0 Å². The van der Waals surface area contributed by atoms with Crippen molar-refractivity contribution in [2.45, 2.75) is 0 Å². The summed E-state index contributed by atoms with van der Waals surface area (Å²) < 4.78 is 5.49. The van der Waals surface area contributed by atoms with Crippen molar-refractivity contribution < 1.29 is 9.21 Å². The summed E-state index contributed by atoms with van der Waals surface area (Å²) in [5, 5.41) is 3.95. The molecule has 2 heterocycles. The molecule has 0 atom stereocenters. The van der Waals surface area contributed by atoms with Gasteiger partial charge < -0.3 is 14.2 Å². The third kappa shape index (κ3) is 3.64. The van der Waals surface area contributed by atoms with Crippen LogP contribution < -0.4 is 10.5 Å². The Bertz CT molecular complexity index is 1370. The van der Waals surface area contributed by atoms with Crippen molar-refractivity contribution in [2.24, 2.45) is 0 Å². The van der Waals surface area contributed by atoms with Crippen LogP contribution in [0.15, 0.2) is 69.9 Å². The molecular weight excluding hydrogens is 435 g/mol. The lowest BCUT2D eigenvalue weighted by Crippen LogP contribution is -2.49. The number of hydrogen-bond acceptors (Lipinski definition) is 4. The quantitative estimate of drug-likeness (QED) is 0.309. The van der Waals surface area contributed by atoms with E-state index in [1.165, 1.54) is 0 Å². The van der Waals surface area contributed by atoms with Crippen molar-refractivity contribution in [3.05, 3.63) is 86.7 Å². The topological polar surface area (TPSA) is 53.8 Å². The maximum Gasteiger partial charge on any atom is 0.349 e. The van der Waals surface area contributed by atoms with E-state index in [0.717, 1.165) is 21.8 Å². The molecule has 1 saturated heterocycles. The van der Waals surface area contributed by atoms with Gasteiger partial charge in [0.05, 0.1) is 10.7 Å². The molecule has 0 saturated carbocycles. The zero-order valence-corrected chi connectivity index (χ0v) is 18.0. The molecule has 1 aliphatic rings. The zero-order chi connectivity index (χ0) is 21.5. The Kier molecular flexibility index (Phi) is 5.08. The lowest BCUT2D eigenvalue weighted by atomic mass is 10.0. The lowest BCUT2D eigenvalue weighted by Gasteiger charge is -2.36. The van der Waals surface area contributed by atoms with Crippen LogP contribution in [0.1, 0.15) is 10.4 Å². The molecule has 0 bridgehead atoms. The van der Waals surface area contributed by atoms with Gasteiger partial charge in [0.15, 0.2) is 0 Å². The largest absolute Gasteiger partial charge is 0.422 e. The molecule has 3 aromatic carbocycles. The molecule has 0 radical (unpaired) electrons. The van der Waals surface area contributed by atoms with Gasteiger partial charge in [0.1, 0.15) is 11.1 Å².